The van der Waals surface area contributed by atoms with Gasteiger partial charge in [-0.1, -0.05) is 35.7 Å². The monoisotopic (exact) mass is 689 g/mol. The Morgan fingerprint density at radius 3 is 2.45 bits per heavy atom. The summed E-state index contributed by atoms with van der Waals surface area (Å²) in [5.41, 5.74) is 9.45. The van der Waals surface area contributed by atoms with Crippen molar-refractivity contribution in [3.63, 3.8) is 0 Å². The largest absolute Gasteiger partial charge is 0.436 e. The van der Waals surface area contributed by atoms with E-state index in [4.69, 9.17) is 28.5 Å². The molecular formula is C37H48ClN7O4. The summed E-state index contributed by atoms with van der Waals surface area (Å²) in [6.45, 7) is 6.95. The first-order valence-electron chi connectivity index (χ1n) is 17.6. The number of carbonyl (C=O) groups is 3. The summed E-state index contributed by atoms with van der Waals surface area (Å²) in [4.78, 5) is 51.1. The van der Waals surface area contributed by atoms with Crippen molar-refractivity contribution in [2.45, 2.75) is 63.1 Å². The third-order valence-corrected chi connectivity index (χ3v) is 10.9. The van der Waals surface area contributed by atoms with Gasteiger partial charge in [0.05, 0.1) is 10.7 Å². The summed E-state index contributed by atoms with van der Waals surface area (Å²) in [5.74, 6) is 2.35. The SMILES string of the molecule is C#Cc1cc(C[C@@H](OC(=O)N2CCC(N3CCc4ccccc4NC3=O)CC2)C(=O)N2CCC(N3CCCN(C)CC3)CC2)cc(Cl)c1N. The maximum atomic E-state index is 14.1. The number of nitrogens with two attached hydrogens (primary N) is 1. The number of anilines is 2. The standard InChI is InChI=1S/C37H48ClN7O4/c1-3-27-23-26(24-31(38)34(27)39)25-33(35(46)43-16-10-29(11-17-43)42-15-6-14-41(2)21-22-42)49-37(48)44-18-12-30(13-19-44)45-20-9-28-7-4-5-8-32(28)40-36(45)47/h1,4-5,7-8,23-24,29-30,33H,6,9-22,25,39H2,2H3,(H,40,47)/t33-/m1/s1. The molecule has 3 N–H and O–H groups in total. The molecule has 0 spiro atoms. The number of benzene rings is 2. The van der Waals surface area contributed by atoms with Crippen LogP contribution >= 0.6 is 11.6 Å². The number of nitrogens with one attached hydrogen (secondary N) is 1. The molecule has 4 aliphatic heterocycles. The number of hydrogen-bond acceptors (Lipinski definition) is 7. The molecule has 1 atom stereocenters. The van der Waals surface area contributed by atoms with Crippen LogP contribution in [0.15, 0.2) is 36.4 Å². The van der Waals surface area contributed by atoms with Gasteiger partial charge in [0.1, 0.15) is 0 Å². The molecule has 49 heavy (non-hydrogen) atoms. The molecule has 4 amide bonds. The number of ether oxygens (including phenoxy) is 1. The minimum atomic E-state index is -1.05. The van der Waals surface area contributed by atoms with Gasteiger partial charge in [-0.15, -0.1) is 6.42 Å². The number of para-hydroxylation sites is 1. The molecule has 0 aromatic heterocycles. The van der Waals surface area contributed by atoms with Crippen LogP contribution in [0, 0.1) is 12.3 Å². The first kappa shape index (κ1) is 34.9. The van der Waals surface area contributed by atoms with E-state index in [1.165, 1.54) is 0 Å². The summed E-state index contributed by atoms with van der Waals surface area (Å²) < 4.78 is 6.05. The fourth-order valence-electron chi connectivity index (χ4n) is 7.69. The first-order valence-corrected chi connectivity index (χ1v) is 17.9. The molecule has 3 saturated heterocycles. The topological polar surface area (TPSA) is 115 Å². The molecule has 2 aromatic carbocycles. The van der Waals surface area contributed by atoms with Crippen LogP contribution in [0.1, 0.15) is 48.8 Å². The zero-order valence-electron chi connectivity index (χ0n) is 28.4. The molecular weight excluding hydrogens is 642 g/mol. The van der Waals surface area contributed by atoms with Crippen LogP contribution in [0.25, 0.3) is 0 Å². The van der Waals surface area contributed by atoms with Gasteiger partial charge in [0.15, 0.2) is 6.10 Å². The van der Waals surface area contributed by atoms with Gasteiger partial charge in [-0.25, -0.2) is 9.59 Å². The zero-order valence-corrected chi connectivity index (χ0v) is 29.2. The van der Waals surface area contributed by atoms with Crippen molar-refractivity contribution in [3.05, 3.63) is 58.1 Å². The van der Waals surface area contributed by atoms with Crippen LogP contribution in [0.3, 0.4) is 0 Å². The highest BCUT2D eigenvalue weighted by molar-refractivity contribution is 6.33. The number of carbonyl (C=O) groups excluding carboxylic acids is 3. The van der Waals surface area contributed by atoms with Gasteiger partial charge in [0.25, 0.3) is 5.91 Å². The van der Waals surface area contributed by atoms with Gasteiger partial charge in [0, 0.05) is 75.6 Å². The molecule has 4 aliphatic rings. The number of rotatable bonds is 6. The van der Waals surface area contributed by atoms with Crippen molar-refractivity contribution >= 4 is 41.0 Å². The third kappa shape index (κ3) is 8.26. The second kappa shape index (κ2) is 15.7. The van der Waals surface area contributed by atoms with Gasteiger partial charge in [-0.2, -0.15) is 0 Å². The summed E-state index contributed by atoms with van der Waals surface area (Å²) in [7, 11) is 2.17. The number of likely N-dealkylation sites (N-methyl/N-ethyl adjacent to an activating group) is 1. The summed E-state index contributed by atoms with van der Waals surface area (Å²) in [5, 5.41) is 3.34. The minimum absolute atomic E-state index is 0.000731. The Balaban J connectivity index is 1.10. The Kier molecular flexibility index (Phi) is 11.2. The van der Waals surface area contributed by atoms with Crippen LogP contribution in [-0.2, 0) is 22.4 Å². The summed E-state index contributed by atoms with van der Waals surface area (Å²) in [6.07, 6.45) is 9.15. The fourth-order valence-corrected chi connectivity index (χ4v) is 7.93. The molecule has 0 unspecified atom stereocenters. The predicted molar refractivity (Wildman–Crippen MR) is 192 cm³/mol. The van der Waals surface area contributed by atoms with E-state index in [2.05, 4.69) is 28.1 Å². The Labute approximate surface area is 294 Å². The molecule has 262 valence electrons. The molecule has 3 fully saturated rings. The zero-order chi connectivity index (χ0) is 34.5. The lowest BCUT2D eigenvalue weighted by Gasteiger charge is -2.40. The van der Waals surface area contributed by atoms with Crippen LogP contribution < -0.4 is 11.1 Å². The molecule has 0 bridgehead atoms. The Morgan fingerprint density at radius 1 is 0.980 bits per heavy atom. The van der Waals surface area contributed by atoms with Gasteiger partial charge in [-0.3, -0.25) is 9.69 Å². The normalized spacial score (nSPS) is 20.8. The highest BCUT2D eigenvalue weighted by atomic mass is 35.5. The lowest BCUT2D eigenvalue weighted by molar-refractivity contribution is -0.142. The van der Waals surface area contributed by atoms with Gasteiger partial charge < -0.3 is 35.4 Å². The Morgan fingerprint density at radius 2 is 1.69 bits per heavy atom. The highest BCUT2D eigenvalue weighted by Crippen LogP contribution is 2.28. The number of fused-ring (bicyclic) bond motifs is 1. The number of hydrogen-bond donors (Lipinski definition) is 2. The van der Waals surface area contributed by atoms with Crippen LogP contribution in [0.5, 0.6) is 0 Å². The number of piperidine rings is 2. The van der Waals surface area contributed by atoms with E-state index < -0.39 is 12.2 Å². The smallest absolute Gasteiger partial charge is 0.410 e. The van der Waals surface area contributed by atoms with Crippen molar-refractivity contribution in [1.82, 2.24) is 24.5 Å². The molecule has 12 heteroatoms. The van der Waals surface area contributed by atoms with Crippen molar-refractivity contribution in [3.8, 4) is 12.3 Å². The quantitative estimate of drug-likeness (QED) is 0.346. The maximum absolute atomic E-state index is 14.1. The lowest BCUT2D eigenvalue weighted by Crippen LogP contribution is -2.52. The first-order chi connectivity index (χ1) is 23.7. The van der Waals surface area contributed by atoms with Crippen molar-refractivity contribution < 1.29 is 19.1 Å². The van der Waals surface area contributed by atoms with Gasteiger partial charge in [0.2, 0.25) is 0 Å². The number of nitrogens with zero attached hydrogens (tertiary/aromatic N) is 5. The van der Waals surface area contributed by atoms with E-state index in [9.17, 15) is 14.4 Å². The van der Waals surface area contributed by atoms with E-state index >= 15 is 0 Å². The van der Waals surface area contributed by atoms with E-state index in [0.717, 1.165) is 63.1 Å². The second-order valence-corrected chi connectivity index (χ2v) is 14.2. The Bertz CT molecular complexity index is 1560. The number of urea groups is 1. The molecule has 0 radical (unpaired) electrons. The van der Waals surface area contributed by atoms with Crippen molar-refractivity contribution in [2.75, 3.05) is 77.0 Å². The van der Waals surface area contributed by atoms with E-state index in [-0.39, 0.29) is 24.4 Å². The number of amides is 4. The van der Waals surface area contributed by atoms with Crippen molar-refractivity contribution in [2.24, 2.45) is 0 Å². The van der Waals surface area contributed by atoms with Gasteiger partial charge >= 0.3 is 12.1 Å². The molecule has 6 rings (SSSR count). The third-order valence-electron chi connectivity index (χ3n) is 10.6. The molecule has 0 saturated carbocycles. The average Bonchev–Trinajstić information content (AvgIpc) is 3.44. The van der Waals surface area contributed by atoms with Crippen LogP contribution in [0.2, 0.25) is 5.02 Å². The summed E-state index contributed by atoms with van der Waals surface area (Å²) in [6, 6.07) is 11.6. The fraction of sp³-hybridized carbons (Fsp3) is 0.541. The van der Waals surface area contributed by atoms with Crippen LogP contribution in [-0.4, -0.2) is 127 Å². The van der Waals surface area contributed by atoms with Crippen molar-refractivity contribution in [1.29, 1.82) is 0 Å². The minimum Gasteiger partial charge on any atom is -0.436 e. The number of nitrogen functional groups attached to an aromatic ring is 1. The molecule has 4 heterocycles. The van der Waals surface area contributed by atoms with Crippen LogP contribution in [0.4, 0.5) is 21.0 Å². The summed E-state index contributed by atoms with van der Waals surface area (Å²) >= 11 is 6.40. The molecule has 11 nitrogen and oxygen atoms in total. The molecule has 2 aromatic rings. The molecule has 0 aliphatic carbocycles. The predicted octanol–water partition coefficient (Wildman–Crippen LogP) is 4.13. The lowest BCUT2D eigenvalue weighted by atomic mass is 10.00. The number of likely N-dealkylation sites (tertiary alicyclic amines) is 2. The average molecular weight is 690 g/mol. The van der Waals surface area contributed by atoms with E-state index in [1.54, 1.807) is 17.0 Å². The number of halogens is 1. The van der Waals surface area contributed by atoms with E-state index in [0.29, 0.717) is 73.4 Å². The maximum Gasteiger partial charge on any atom is 0.410 e. The highest BCUT2D eigenvalue weighted by Gasteiger charge is 2.36. The van der Waals surface area contributed by atoms with Gasteiger partial charge in [-0.05, 0) is 88.0 Å². The van der Waals surface area contributed by atoms with E-state index in [1.807, 2.05) is 34.1 Å². The number of terminal acetylenes is 1. The second-order valence-electron chi connectivity index (χ2n) is 13.8. The Hall–Kier alpha value is -3.98.